The molecule has 0 saturated heterocycles. The smallest absolute Gasteiger partial charge is 0.239 e. The number of hydrogen-bond acceptors (Lipinski definition) is 8. The van der Waals surface area contributed by atoms with Crippen LogP contribution in [0.2, 0.25) is 0 Å². The fraction of sp³-hybridized carbons (Fsp3) is 0.333. The molecule has 3 rings (SSSR count). The molecule has 0 bridgehead atoms. The van der Waals surface area contributed by atoms with Crippen LogP contribution >= 0.6 is 23.1 Å². The summed E-state index contributed by atoms with van der Waals surface area (Å²) >= 11 is 3.07. The molecule has 0 saturated carbocycles. The van der Waals surface area contributed by atoms with Crippen LogP contribution in [0.1, 0.15) is 43.7 Å². The number of hydrogen-bond donors (Lipinski definition) is 1. The predicted octanol–water partition coefficient (Wildman–Crippen LogP) is 4.64. The minimum atomic E-state index is 0.0347. The zero-order valence-electron chi connectivity index (χ0n) is 13.1. The van der Waals surface area contributed by atoms with Gasteiger partial charge in [-0.3, -0.25) is 0 Å². The van der Waals surface area contributed by atoms with Gasteiger partial charge in [-0.1, -0.05) is 60.3 Å². The molecule has 1 atom stereocenters. The molecule has 6 nitrogen and oxygen atoms in total. The molecule has 2 aromatic heterocycles. The van der Waals surface area contributed by atoms with E-state index in [2.05, 4.69) is 25.7 Å². The van der Waals surface area contributed by atoms with E-state index in [9.17, 15) is 0 Å². The Morgan fingerprint density at radius 2 is 1.91 bits per heavy atom. The van der Waals surface area contributed by atoms with Crippen LogP contribution in [0.15, 0.2) is 39.2 Å². The number of nitrogens with zero attached hydrogens (tertiary/aromatic N) is 4. The van der Waals surface area contributed by atoms with Gasteiger partial charge < -0.3 is 9.84 Å². The van der Waals surface area contributed by atoms with Crippen molar-refractivity contribution in [2.75, 3.05) is 5.32 Å². The number of aromatic nitrogens is 4. The van der Waals surface area contributed by atoms with Crippen molar-refractivity contribution in [3.8, 4) is 0 Å². The van der Waals surface area contributed by atoms with Gasteiger partial charge in [0.1, 0.15) is 0 Å². The van der Waals surface area contributed by atoms with E-state index in [0.29, 0.717) is 5.89 Å². The Kier molecular flexibility index (Phi) is 4.92. The van der Waals surface area contributed by atoms with Crippen molar-refractivity contribution in [3.05, 3.63) is 42.0 Å². The van der Waals surface area contributed by atoms with Gasteiger partial charge in [-0.25, -0.2) is 0 Å². The van der Waals surface area contributed by atoms with Crippen LogP contribution in [0.5, 0.6) is 0 Å². The number of anilines is 2. The normalized spacial score (nSPS) is 12.5. The van der Waals surface area contributed by atoms with Crippen molar-refractivity contribution in [1.29, 1.82) is 0 Å². The van der Waals surface area contributed by atoms with Crippen molar-refractivity contribution in [1.82, 2.24) is 20.3 Å². The van der Waals surface area contributed by atoms with Gasteiger partial charge in [-0.05, 0) is 19.1 Å². The van der Waals surface area contributed by atoms with Crippen molar-refractivity contribution in [3.63, 3.8) is 0 Å². The van der Waals surface area contributed by atoms with Gasteiger partial charge >= 0.3 is 0 Å². The molecule has 0 aliphatic carbocycles. The third kappa shape index (κ3) is 4.08. The van der Waals surface area contributed by atoms with Crippen LogP contribution in [-0.4, -0.2) is 20.3 Å². The van der Waals surface area contributed by atoms with Crippen molar-refractivity contribution < 1.29 is 4.52 Å². The monoisotopic (exact) mass is 347 g/mol. The van der Waals surface area contributed by atoms with Crippen LogP contribution in [0.4, 0.5) is 10.8 Å². The molecule has 0 aliphatic rings. The van der Waals surface area contributed by atoms with E-state index in [4.69, 9.17) is 4.52 Å². The fourth-order valence-electron chi connectivity index (χ4n) is 1.80. The highest BCUT2D eigenvalue weighted by Crippen LogP contribution is 2.37. The standard InChI is InChI=1S/C15H17N5OS2/c1-9(2)12-17-13(21-20-12)10(3)22-15-19-18-14(23-15)16-11-7-5-4-6-8-11/h4-10H,1-3H3,(H,16,18). The van der Waals surface area contributed by atoms with E-state index < -0.39 is 0 Å². The first-order valence-electron chi connectivity index (χ1n) is 7.27. The molecule has 2 heterocycles. The predicted molar refractivity (Wildman–Crippen MR) is 92.3 cm³/mol. The quantitative estimate of drug-likeness (QED) is 0.651. The van der Waals surface area contributed by atoms with Crippen LogP contribution in [-0.2, 0) is 0 Å². The summed E-state index contributed by atoms with van der Waals surface area (Å²) in [7, 11) is 0. The average molecular weight is 347 g/mol. The van der Waals surface area contributed by atoms with Crippen LogP contribution < -0.4 is 5.32 Å². The Bertz CT molecular complexity index is 756. The summed E-state index contributed by atoms with van der Waals surface area (Å²) in [5.41, 5.74) is 0.992. The lowest BCUT2D eigenvalue weighted by atomic mass is 10.2. The zero-order chi connectivity index (χ0) is 16.2. The Morgan fingerprint density at radius 1 is 1.13 bits per heavy atom. The molecule has 0 amide bonds. The second-order valence-corrected chi connectivity index (χ2v) is 7.84. The van der Waals surface area contributed by atoms with Crippen molar-refractivity contribution in [2.45, 2.75) is 36.3 Å². The summed E-state index contributed by atoms with van der Waals surface area (Å²) < 4.78 is 6.18. The summed E-state index contributed by atoms with van der Waals surface area (Å²) in [5, 5.41) is 16.4. The zero-order valence-corrected chi connectivity index (χ0v) is 14.7. The SMILES string of the molecule is CC(C)c1noc(C(C)Sc2nnc(Nc3ccccc3)s2)n1. The number of para-hydroxylation sites is 1. The highest BCUT2D eigenvalue weighted by Gasteiger charge is 2.19. The largest absolute Gasteiger partial charge is 0.338 e. The van der Waals surface area contributed by atoms with Crippen LogP contribution in [0, 0.1) is 0 Å². The van der Waals surface area contributed by atoms with Gasteiger partial charge in [0.25, 0.3) is 0 Å². The molecule has 1 N–H and O–H groups in total. The van der Waals surface area contributed by atoms with Gasteiger partial charge in [0.15, 0.2) is 10.2 Å². The summed E-state index contributed by atoms with van der Waals surface area (Å²) in [5.74, 6) is 1.61. The van der Waals surface area contributed by atoms with E-state index in [1.807, 2.05) is 51.1 Å². The lowest BCUT2D eigenvalue weighted by Gasteiger charge is -2.02. The highest BCUT2D eigenvalue weighted by molar-refractivity contribution is 8.01. The summed E-state index contributed by atoms with van der Waals surface area (Å²) in [4.78, 5) is 4.42. The molecule has 23 heavy (non-hydrogen) atoms. The lowest BCUT2D eigenvalue weighted by Crippen LogP contribution is -1.92. The summed E-state index contributed by atoms with van der Waals surface area (Å²) in [6.45, 7) is 6.10. The molecule has 3 aromatic rings. The first-order valence-corrected chi connectivity index (χ1v) is 8.97. The van der Waals surface area contributed by atoms with Gasteiger partial charge in [0.2, 0.25) is 11.0 Å². The fourth-order valence-corrected chi connectivity index (χ4v) is 3.75. The maximum atomic E-state index is 5.32. The maximum Gasteiger partial charge on any atom is 0.239 e. The first-order chi connectivity index (χ1) is 11.1. The Hall–Kier alpha value is -1.93. The van der Waals surface area contributed by atoms with E-state index in [0.717, 1.165) is 21.0 Å². The number of benzene rings is 1. The summed E-state index contributed by atoms with van der Waals surface area (Å²) in [6.07, 6.45) is 0. The topological polar surface area (TPSA) is 76.7 Å². The Balaban J connectivity index is 1.64. The molecule has 0 spiro atoms. The molecular formula is C15H17N5OS2. The third-order valence-corrected chi connectivity index (χ3v) is 5.04. The van der Waals surface area contributed by atoms with Gasteiger partial charge in [-0.15, -0.1) is 10.2 Å². The molecule has 120 valence electrons. The minimum absolute atomic E-state index is 0.0347. The first kappa shape index (κ1) is 15.9. The number of thioether (sulfide) groups is 1. The molecule has 0 aliphatic heterocycles. The lowest BCUT2D eigenvalue weighted by molar-refractivity contribution is 0.373. The van der Waals surface area contributed by atoms with Crippen LogP contribution in [0.3, 0.4) is 0 Å². The van der Waals surface area contributed by atoms with Crippen molar-refractivity contribution in [2.24, 2.45) is 0 Å². The van der Waals surface area contributed by atoms with Gasteiger partial charge in [0.05, 0.1) is 5.25 Å². The number of nitrogens with one attached hydrogen (secondary N) is 1. The highest BCUT2D eigenvalue weighted by atomic mass is 32.2. The number of rotatable bonds is 6. The second-order valence-electron chi connectivity index (χ2n) is 5.27. The van der Waals surface area contributed by atoms with Crippen LogP contribution in [0.25, 0.3) is 0 Å². The van der Waals surface area contributed by atoms with E-state index >= 15 is 0 Å². The molecular weight excluding hydrogens is 330 g/mol. The third-order valence-electron chi connectivity index (χ3n) is 3.03. The minimum Gasteiger partial charge on any atom is -0.338 e. The maximum absolute atomic E-state index is 5.32. The van der Waals surface area contributed by atoms with E-state index in [1.54, 1.807) is 11.8 Å². The average Bonchev–Trinajstić information content (AvgIpc) is 3.18. The molecule has 1 aromatic carbocycles. The second kappa shape index (κ2) is 7.10. The Labute approximate surface area is 142 Å². The van der Waals surface area contributed by atoms with E-state index in [1.165, 1.54) is 11.3 Å². The Morgan fingerprint density at radius 3 is 2.61 bits per heavy atom. The van der Waals surface area contributed by atoms with E-state index in [-0.39, 0.29) is 11.2 Å². The van der Waals surface area contributed by atoms with Gasteiger partial charge in [0, 0.05) is 11.6 Å². The molecule has 8 heteroatoms. The van der Waals surface area contributed by atoms with Crippen molar-refractivity contribution >= 4 is 33.9 Å². The molecule has 0 fully saturated rings. The molecule has 0 radical (unpaired) electrons. The molecule has 1 unspecified atom stereocenters. The van der Waals surface area contributed by atoms with Gasteiger partial charge in [-0.2, -0.15) is 4.98 Å². The summed E-state index contributed by atoms with van der Waals surface area (Å²) in [6, 6.07) is 9.90.